The van der Waals surface area contributed by atoms with E-state index in [2.05, 4.69) is 11.0 Å². The Hall–Kier alpha value is -3.05. The Balaban J connectivity index is 1.60. The van der Waals surface area contributed by atoms with Crippen molar-refractivity contribution in [3.05, 3.63) is 53.6 Å². The second kappa shape index (κ2) is 15.1. The third kappa shape index (κ3) is 9.22. The number of fused-ring (bicyclic) bond motifs is 1. The Morgan fingerprint density at radius 3 is 2.44 bits per heavy atom. The molecule has 0 unspecified atom stereocenters. The van der Waals surface area contributed by atoms with Gasteiger partial charge in [0.25, 0.3) is 0 Å². The number of carbonyl (C=O) groups is 1. The lowest BCUT2D eigenvalue weighted by molar-refractivity contribution is -0.106. The number of rotatable bonds is 12. The minimum Gasteiger partial charge on any atom is -0.497 e. The molecular formula is C33H48N2O8. The summed E-state index contributed by atoms with van der Waals surface area (Å²) in [4.78, 5) is 17.2. The molecular weight excluding hydrogens is 552 g/mol. The van der Waals surface area contributed by atoms with Gasteiger partial charge in [0.05, 0.1) is 64.0 Å². The van der Waals surface area contributed by atoms with E-state index in [0.717, 1.165) is 47.8 Å². The van der Waals surface area contributed by atoms with Gasteiger partial charge < -0.3 is 43.3 Å². The number of nitrogens with zero attached hydrogens (tertiary/aromatic N) is 2. The number of benzene rings is 2. The largest absolute Gasteiger partial charge is 0.497 e. The first-order chi connectivity index (χ1) is 20.6. The molecule has 1 fully saturated rings. The number of aliphatic hydroxyl groups is 1. The second-order valence-corrected chi connectivity index (χ2v) is 12.2. The van der Waals surface area contributed by atoms with E-state index >= 15 is 0 Å². The number of likely N-dealkylation sites (tertiary alicyclic amines) is 1. The highest BCUT2D eigenvalue weighted by Crippen LogP contribution is 2.36. The minimum absolute atomic E-state index is 0.135. The Labute approximate surface area is 255 Å². The first kappa shape index (κ1) is 32.9. The molecule has 0 saturated carbocycles. The average molecular weight is 601 g/mol. The third-order valence-electron chi connectivity index (χ3n) is 7.53. The lowest BCUT2D eigenvalue weighted by Crippen LogP contribution is -2.55. The molecule has 10 heteroatoms. The molecule has 2 aromatic carbocycles. The molecule has 4 atom stereocenters. The quantitative estimate of drug-likeness (QED) is 0.350. The number of hydrogen-bond donors (Lipinski definition) is 1. The van der Waals surface area contributed by atoms with E-state index in [1.807, 2.05) is 57.2 Å². The summed E-state index contributed by atoms with van der Waals surface area (Å²) in [6, 6.07) is 14.0. The monoisotopic (exact) mass is 600 g/mol. The molecule has 2 aliphatic heterocycles. The molecule has 2 aliphatic rings. The molecule has 1 amide bonds. The predicted octanol–water partition coefficient (Wildman–Crippen LogP) is 4.62. The van der Waals surface area contributed by atoms with Gasteiger partial charge in [-0.1, -0.05) is 18.2 Å². The average Bonchev–Trinajstić information content (AvgIpc) is 2.98. The molecule has 1 N–H and O–H groups in total. The molecule has 4 rings (SSSR count). The van der Waals surface area contributed by atoms with Gasteiger partial charge in [0.15, 0.2) is 0 Å². The van der Waals surface area contributed by atoms with Crippen LogP contribution in [0, 0.1) is 0 Å². The van der Waals surface area contributed by atoms with Crippen LogP contribution in [0.25, 0.3) is 0 Å². The van der Waals surface area contributed by atoms with Gasteiger partial charge in [-0.2, -0.15) is 0 Å². The maximum atomic E-state index is 13.2. The van der Waals surface area contributed by atoms with Gasteiger partial charge >= 0.3 is 6.09 Å². The summed E-state index contributed by atoms with van der Waals surface area (Å²) in [5, 5.41) is 10.0. The first-order valence-electron chi connectivity index (χ1n) is 15.1. The first-order valence-corrected chi connectivity index (χ1v) is 15.1. The maximum Gasteiger partial charge on any atom is 0.410 e. The highest BCUT2D eigenvalue weighted by atomic mass is 16.6. The number of amides is 1. The minimum atomic E-state index is -0.655. The van der Waals surface area contributed by atoms with Crippen LogP contribution in [-0.2, 0) is 25.6 Å². The highest BCUT2D eigenvalue weighted by molar-refractivity contribution is 5.68. The van der Waals surface area contributed by atoms with Crippen LogP contribution in [0.1, 0.15) is 51.2 Å². The van der Waals surface area contributed by atoms with Gasteiger partial charge in [-0.05, 0) is 69.5 Å². The summed E-state index contributed by atoms with van der Waals surface area (Å²) in [6.45, 7) is 11.4. The van der Waals surface area contributed by atoms with Crippen molar-refractivity contribution in [2.45, 2.75) is 70.6 Å². The van der Waals surface area contributed by atoms with Crippen molar-refractivity contribution >= 4 is 11.8 Å². The fraction of sp³-hybridized carbons (Fsp3) is 0.606. The van der Waals surface area contributed by atoms with Crippen molar-refractivity contribution in [2.24, 2.45) is 0 Å². The normalized spacial score (nSPS) is 21.1. The van der Waals surface area contributed by atoms with Crippen molar-refractivity contribution in [2.75, 3.05) is 65.1 Å². The lowest BCUT2D eigenvalue weighted by atomic mass is 9.84. The van der Waals surface area contributed by atoms with Crippen LogP contribution in [0.15, 0.2) is 42.5 Å². The van der Waals surface area contributed by atoms with Crippen molar-refractivity contribution < 1.29 is 38.3 Å². The van der Waals surface area contributed by atoms with Gasteiger partial charge in [0, 0.05) is 26.2 Å². The third-order valence-corrected chi connectivity index (χ3v) is 7.53. The van der Waals surface area contributed by atoms with Gasteiger partial charge in [0.1, 0.15) is 23.7 Å². The van der Waals surface area contributed by atoms with Crippen LogP contribution < -0.4 is 14.4 Å². The summed E-state index contributed by atoms with van der Waals surface area (Å²) >= 11 is 0. The Kier molecular flexibility index (Phi) is 11.5. The summed E-state index contributed by atoms with van der Waals surface area (Å²) in [7, 11) is 3.36. The highest BCUT2D eigenvalue weighted by Gasteiger charge is 2.42. The summed E-state index contributed by atoms with van der Waals surface area (Å²) in [5.41, 5.74) is 2.42. The number of hydrogen-bond acceptors (Lipinski definition) is 9. The predicted molar refractivity (Wildman–Crippen MR) is 164 cm³/mol. The Bertz CT molecular complexity index is 1170. The zero-order valence-electron chi connectivity index (χ0n) is 26.4. The lowest BCUT2D eigenvalue weighted by Gasteiger charge is -2.44. The summed E-state index contributed by atoms with van der Waals surface area (Å²) < 4.78 is 35.2. The van der Waals surface area contributed by atoms with Gasteiger partial charge in [-0.15, -0.1) is 0 Å². The fourth-order valence-corrected chi connectivity index (χ4v) is 5.53. The SMILES string of the molecule is COCCCN1CCOc2ccc(CO[C@H]3CN(C(=O)OC(C)(C)C)C[C@@H](OC[C@@H](C)O)[C@@H]3c3ccc(OC)cc3)cc21. The standard InChI is InChI=1S/C33H48N2O8/c1-23(36)21-41-29-19-35(32(37)43-33(2,3)4)20-30(31(29)25-9-11-26(39-6)12-10-25)42-22-24-8-13-28-27(18-24)34(15-17-40-28)14-7-16-38-5/h8-13,18,23,29-31,36H,7,14-17,19-22H2,1-6H3/t23-,29-,30+,31+/m1/s1. The van der Waals surface area contributed by atoms with E-state index in [0.29, 0.717) is 32.9 Å². The van der Waals surface area contributed by atoms with Crippen LogP contribution in [0.4, 0.5) is 10.5 Å². The number of methoxy groups -OCH3 is 2. The van der Waals surface area contributed by atoms with E-state index in [1.165, 1.54) is 0 Å². The number of carbonyl (C=O) groups excluding carboxylic acids is 1. The molecule has 43 heavy (non-hydrogen) atoms. The molecule has 0 radical (unpaired) electrons. The molecule has 1 saturated heterocycles. The van der Waals surface area contributed by atoms with Crippen LogP contribution in [-0.4, -0.2) is 100 Å². The van der Waals surface area contributed by atoms with Crippen LogP contribution in [0.3, 0.4) is 0 Å². The topological polar surface area (TPSA) is 99.2 Å². The zero-order chi connectivity index (χ0) is 31.0. The fourth-order valence-electron chi connectivity index (χ4n) is 5.53. The van der Waals surface area contributed by atoms with Crippen LogP contribution in [0.5, 0.6) is 11.5 Å². The van der Waals surface area contributed by atoms with E-state index in [4.69, 9.17) is 28.4 Å². The molecule has 10 nitrogen and oxygen atoms in total. The molecule has 0 spiro atoms. The smallest absolute Gasteiger partial charge is 0.410 e. The van der Waals surface area contributed by atoms with E-state index in [9.17, 15) is 9.90 Å². The van der Waals surface area contributed by atoms with Crippen molar-refractivity contribution in [1.82, 2.24) is 4.90 Å². The number of piperidine rings is 1. The van der Waals surface area contributed by atoms with Gasteiger partial charge in [-0.25, -0.2) is 4.79 Å². The molecule has 2 aromatic rings. The van der Waals surface area contributed by atoms with Crippen molar-refractivity contribution in [3.8, 4) is 11.5 Å². The zero-order valence-corrected chi connectivity index (χ0v) is 26.4. The van der Waals surface area contributed by atoms with Crippen molar-refractivity contribution in [1.29, 1.82) is 0 Å². The van der Waals surface area contributed by atoms with E-state index in [-0.39, 0.29) is 12.5 Å². The molecule has 238 valence electrons. The molecule has 0 aliphatic carbocycles. The van der Waals surface area contributed by atoms with Gasteiger partial charge in [0.2, 0.25) is 0 Å². The number of anilines is 1. The Morgan fingerprint density at radius 2 is 1.79 bits per heavy atom. The molecule has 0 bridgehead atoms. The van der Waals surface area contributed by atoms with E-state index in [1.54, 1.807) is 26.0 Å². The molecule has 2 heterocycles. The van der Waals surface area contributed by atoms with E-state index < -0.39 is 30.0 Å². The number of ether oxygens (including phenoxy) is 6. The maximum absolute atomic E-state index is 13.2. The second-order valence-electron chi connectivity index (χ2n) is 12.2. The van der Waals surface area contributed by atoms with Gasteiger partial charge in [-0.3, -0.25) is 0 Å². The van der Waals surface area contributed by atoms with Crippen molar-refractivity contribution in [3.63, 3.8) is 0 Å². The van der Waals surface area contributed by atoms with Crippen LogP contribution in [0.2, 0.25) is 0 Å². The summed E-state index contributed by atoms with van der Waals surface area (Å²) in [5.74, 6) is 1.42. The Morgan fingerprint density at radius 1 is 1.07 bits per heavy atom. The van der Waals surface area contributed by atoms with Crippen LogP contribution >= 0.6 is 0 Å². The summed E-state index contributed by atoms with van der Waals surface area (Å²) in [6.07, 6.45) is -0.979. The number of aliphatic hydroxyl groups excluding tert-OH is 1. The molecule has 0 aromatic heterocycles.